The number of benzene rings is 5. The van der Waals surface area contributed by atoms with Crippen LogP contribution < -0.4 is 30.2 Å². The van der Waals surface area contributed by atoms with Gasteiger partial charge < -0.3 is 50.0 Å². The van der Waals surface area contributed by atoms with Crippen molar-refractivity contribution in [2.24, 2.45) is 0 Å². The molecule has 3 saturated heterocycles. The number of carbonyl (C=O) groups excluding carboxylic acids is 10. The number of allylic oxidation sites excluding steroid dienone is 2. The van der Waals surface area contributed by atoms with Crippen LogP contribution in [0, 0.1) is 6.92 Å². The second-order valence-electron chi connectivity index (χ2n) is 29.0. The van der Waals surface area contributed by atoms with Gasteiger partial charge in [0.2, 0.25) is 5.91 Å². The molecule has 0 radical (unpaired) electrons. The highest BCUT2D eigenvalue weighted by Gasteiger charge is 2.43. The summed E-state index contributed by atoms with van der Waals surface area (Å²) >= 11 is 0. The first kappa shape index (κ1) is 80.1. The van der Waals surface area contributed by atoms with Crippen LogP contribution in [0.15, 0.2) is 158 Å². The number of ketones is 6. The van der Waals surface area contributed by atoms with E-state index < -0.39 is 23.7 Å². The Morgan fingerprint density at radius 2 is 1.00 bits per heavy atom. The molecule has 5 aliphatic heterocycles. The average molecular weight is 1470 g/mol. The zero-order chi connectivity index (χ0) is 74.9. The molecule has 106 heavy (non-hydrogen) atoms. The highest BCUT2D eigenvalue weighted by Crippen LogP contribution is 2.38. The number of likely N-dealkylation sites (tertiary alicyclic amines) is 2. The number of nitrogens with zero attached hydrogens (tertiary/aromatic N) is 5. The van der Waals surface area contributed by atoms with Crippen LogP contribution in [0.5, 0.6) is 11.5 Å². The van der Waals surface area contributed by atoms with Gasteiger partial charge in [-0.3, -0.25) is 43.2 Å². The third-order valence-corrected chi connectivity index (χ3v) is 20.4. The Kier molecular flexibility index (Phi) is 28.2. The van der Waals surface area contributed by atoms with Crippen molar-refractivity contribution in [3.8, 4) is 11.5 Å². The van der Waals surface area contributed by atoms with Crippen LogP contribution in [0.2, 0.25) is 0 Å². The number of amides is 4. The summed E-state index contributed by atoms with van der Waals surface area (Å²) < 4.78 is 19.9. The maximum Gasteiger partial charge on any atom is 0.410 e. The van der Waals surface area contributed by atoms with Gasteiger partial charge in [-0.05, 0) is 150 Å². The van der Waals surface area contributed by atoms with Gasteiger partial charge in [-0.25, -0.2) is 9.36 Å². The summed E-state index contributed by atoms with van der Waals surface area (Å²) in [6, 6.07) is 38.9. The monoisotopic (exact) mass is 1460 g/mol. The lowest BCUT2D eigenvalue weighted by Gasteiger charge is -2.33. The van der Waals surface area contributed by atoms with Gasteiger partial charge in [-0.2, -0.15) is 7.11 Å². The fraction of sp³-hybridized carbons (Fsp3) is 0.417. The molecular weight excluding hydrogens is 1370 g/mol. The fourth-order valence-electron chi connectivity index (χ4n) is 14.7. The van der Waals surface area contributed by atoms with Gasteiger partial charge in [0.05, 0.1) is 50.5 Å². The third kappa shape index (κ3) is 21.0. The molecule has 0 spiro atoms. The molecule has 4 amide bonds. The standard InChI is InChI=1S/C31H36N2O6.C26H28N2O4.C13H14N2.C13H15NO3.CH3O.ClH/c1-31(2,3)39-30(37)32-15-13-22(14-16-32)21-9-7-20(8-10-21)19-38-28-6-4-5-24-25(28)18-33(29(24)36)26-12-11-23(34)17-27(26)35;29-20-8-9-23(24(30)14-20)28-15-22-21(26(28)31)2-1-3-25(22)32-16-17-4-6-18(7-5-17)19-10-12-27-13-11-19;1-11-2-4-12(5-3-11)10-15-8-6-13(14)7-9-15;1-2-3-9-6-13(17)14(8-9)11-5-4-10(15)7-12(11)16;1-2;/h4-10,22,26H,11-19H2,1-3H3;1-7,19,23,27H,8-16H2;2-9,14H,10H2,1H3;2-3,11H,1,4-8H2;1H3;1H/q;;;;-1;/p+1/b;;;9-3+;;. The Labute approximate surface area is 626 Å². The van der Waals surface area contributed by atoms with Crippen LogP contribution in [-0.4, -0.2) is 142 Å². The van der Waals surface area contributed by atoms with Crippen molar-refractivity contribution in [3.63, 3.8) is 0 Å². The Balaban J connectivity index is 0.000000173. The van der Waals surface area contributed by atoms with Crippen molar-refractivity contribution < 1.29 is 71.8 Å². The predicted octanol–water partition coefficient (Wildman–Crippen LogP) is 10.7. The first-order valence-corrected chi connectivity index (χ1v) is 36.5. The number of fused-ring (bicyclic) bond motifs is 2. The van der Waals surface area contributed by atoms with Crippen molar-refractivity contribution >= 4 is 76.6 Å². The van der Waals surface area contributed by atoms with Gasteiger partial charge in [0.15, 0.2) is 36.3 Å². The molecule has 5 aromatic carbocycles. The molecule has 6 fully saturated rings. The molecule has 3 saturated carbocycles. The van der Waals surface area contributed by atoms with E-state index in [-0.39, 0.29) is 90.2 Å². The number of aromatic nitrogens is 1. The molecule has 6 aromatic rings. The molecule has 8 aliphatic rings. The maximum absolute atomic E-state index is 13.1. The molecule has 21 nitrogen and oxygen atoms in total. The van der Waals surface area contributed by atoms with Crippen LogP contribution in [0.3, 0.4) is 0 Å². The number of hydrogen-bond acceptors (Lipinski definition) is 16. The van der Waals surface area contributed by atoms with E-state index in [1.807, 2.05) is 69.6 Å². The number of Topliss-reactive ketones (excluding diaryl/α,β-unsaturated/α-hetero) is 6. The molecule has 6 heterocycles. The van der Waals surface area contributed by atoms with E-state index in [1.54, 1.807) is 43.9 Å². The van der Waals surface area contributed by atoms with Crippen molar-refractivity contribution in [3.05, 3.63) is 214 Å². The average Bonchev–Trinajstić information content (AvgIpc) is 1.63. The Bertz CT molecular complexity index is 4150. The zero-order valence-corrected chi connectivity index (χ0v) is 62.2. The molecule has 1 aromatic heterocycles. The summed E-state index contributed by atoms with van der Waals surface area (Å²) in [4.78, 5) is 128. The Hall–Kier alpha value is -9.96. The molecule has 14 rings (SSSR count). The molecule has 3 unspecified atom stereocenters. The highest BCUT2D eigenvalue weighted by atomic mass is 35.5. The second-order valence-corrected chi connectivity index (χ2v) is 29.0. The smallest absolute Gasteiger partial charge is 0.410 e. The number of nitrogens with one attached hydrogen (secondary N) is 1. The number of pyridine rings is 1. The quantitative estimate of drug-likeness (QED) is 0.0757. The summed E-state index contributed by atoms with van der Waals surface area (Å²) in [7, 11) is 0.750. The van der Waals surface area contributed by atoms with E-state index in [0.717, 1.165) is 73.1 Å². The normalized spacial score (nSPS) is 20.0. The van der Waals surface area contributed by atoms with Crippen LogP contribution in [0.25, 0.3) is 0 Å². The molecule has 3 atom stereocenters. The number of nitrogen functional groups attached to an aromatic ring is 1. The minimum Gasteiger partial charge on any atom is -0.857 e. The first-order chi connectivity index (χ1) is 50.5. The van der Waals surface area contributed by atoms with Gasteiger partial charge in [-0.15, -0.1) is 12.4 Å². The van der Waals surface area contributed by atoms with E-state index in [4.69, 9.17) is 25.1 Å². The molecule has 3 N–H and O–H groups in total. The van der Waals surface area contributed by atoms with Crippen molar-refractivity contribution in [2.75, 3.05) is 45.6 Å². The SMILES string of the molecule is C=C/C=C1\CC(=O)N(C2CCC(=O)CC2=O)C1.CC(C)(C)OC(=O)N1CCC(c2ccc(COc3cccc4c3CN(C3CCC(=O)CC3=O)C4=O)cc2)CC1.C[O-].Cc1ccc(C[n+]2ccc(N)cc2)cc1.Cl.O=C1CCC(N2Cc3c(OCc4ccc(C5CCNCC5)cc4)cccc3C2=O)C(=O)C1. The lowest BCUT2D eigenvalue weighted by Crippen LogP contribution is -2.45. The minimum atomic E-state index is -0.543. The highest BCUT2D eigenvalue weighted by molar-refractivity contribution is 6.09. The summed E-state index contributed by atoms with van der Waals surface area (Å²) in [5.74, 6) is 1.44. The molecule has 0 bridgehead atoms. The largest absolute Gasteiger partial charge is 0.857 e. The molecule has 22 heteroatoms. The number of nitrogens with two attached hydrogens (primary N) is 1. The second kappa shape index (κ2) is 37.3. The number of carbonyl (C=O) groups is 10. The van der Waals surface area contributed by atoms with Crippen LogP contribution in [-0.2, 0) is 71.1 Å². The topological polar surface area (TPSA) is 276 Å². The van der Waals surface area contributed by atoms with Crippen LogP contribution in [0.4, 0.5) is 10.5 Å². The number of piperidine rings is 2. The first-order valence-electron chi connectivity index (χ1n) is 36.5. The maximum atomic E-state index is 13.1. The number of halogens is 1. The van der Waals surface area contributed by atoms with Crippen molar-refractivity contribution in [2.45, 2.75) is 186 Å². The van der Waals surface area contributed by atoms with Crippen LogP contribution in [0.1, 0.15) is 188 Å². The van der Waals surface area contributed by atoms with Gasteiger partial charge in [0, 0.05) is 91.0 Å². The minimum absolute atomic E-state index is 0. The molecule has 560 valence electrons. The van der Waals surface area contributed by atoms with Crippen molar-refractivity contribution in [1.29, 1.82) is 0 Å². The van der Waals surface area contributed by atoms with Gasteiger partial charge in [0.25, 0.3) is 11.8 Å². The number of aryl methyl sites for hydroxylation is 1. The van der Waals surface area contributed by atoms with Crippen molar-refractivity contribution in [1.82, 2.24) is 24.9 Å². The molecule has 3 aliphatic carbocycles. The summed E-state index contributed by atoms with van der Waals surface area (Å²) in [5, 5.41) is 11.7. The van der Waals surface area contributed by atoms with Crippen LogP contribution >= 0.6 is 12.4 Å². The Morgan fingerprint density at radius 1 is 0.566 bits per heavy atom. The molecular formula is C84H98ClN7O14. The van der Waals surface area contributed by atoms with E-state index >= 15 is 0 Å². The number of ether oxygens (including phenoxy) is 3. The third-order valence-electron chi connectivity index (χ3n) is 20.4. The van der Waals surface area contributed by atoms with E-state index in [1.165, 1.54) is 35.1 Å². The zero-order valence-electron chi connectivity index (χ0n) is 61.4. The Morgan fingerprint density at radius 3 is 1.43 bits per heavy atom. The lowest BCUT2D eigenvalue weighted by molar-refractivity contribution is -0.688. The van der Waals surface area contributed by atoms with E-state index in [0.29, 0.717) is 125 Å². The lowest BCUT2D eigenvalue weighted by atomic mass is 9.89. The number of anilines is 1. The summed E-state index contributed by atoms with van der Waals surface area (Å²) in [6.45, 7) is 17.7. The predicted molar refractivity (Wildman–Crippen MR) is 401 cm³/mol. The van der Waals surface area contributed by atoms with Gasteiger partial charge in [0.1, 0.15) is 47.7 Å². The number of rotatable bonds is 14. The summed E-state index contributed by atoms with van der Waals surface area (Å²) in [5.41, 5.74) is 17.0. The summed E-state index contributed by atoms with van der Waals surface area (Å²) in [6.07, 6.45) is 13.9. The van der Waals surface area contributed by atoms with E-state index in [2.05, 4.69) is 96.2 Å². The van der Waals surface area contributed by atoms with Gasteiger partial charge >= 0.3 is 6.09 Å². The fourth-order valence-corrected chi connectivity index (χ4v) is 14.7. The van der Waals surface area contributed by atoms with Gasteiger partial charge in [-0.1, -0.05) is 109 Å². The number of hydrogen-bond donors (Lipinski definition) is 2. The van der Waals surface area contributed by atoms with E-state index in [9.17, 15) is 47.9 Å².